The maximum atomic E-state index is 11.7. The van der Waals surface area contributed by atoms with Crippen LogP contribution in [0.15, 0.2) is 24.3 Å². The van der Waals surface area contributed by atoms with Gasteiger partial charge in [0, 0.05) is 17.7 Å². The standard InChI is InChI=1S/C18H29NO2/c1-4-5-6-7-8-9-13-21-17-12-10-11-16(14-17)19-18(20)15(2)3/h10-12,14-15H,4-9,13H2,1-3H3,(H,19,20). The molecule has 0 heterocycles. The summed E-state index contributed by atoms with van der Waals surface area (Å²) in [6, 6.07) is 7.61. The van der Waals surface area contributed by atoms with Crippen LogP contribution in [0, 0.1) is 5.92 Å². The van der Waals surface area contributed by atoms with E-state index in [9.17, 15) is 4.79 Å². The number of nitrogens with one attached hydrogen (secondary N) is 1. The monoisotopic (exact) mass is 291 g/mol. The van der Waals surface area contributed by atoms with Gasteiger partial charge in [-0.2, -0.15) is 0 Å². The van der Waals surface area contributed by atoms with Crippen molar-refractivity contribution in [3.8, 4) is 5.75 Å². The van der Waals surface area contributed by atoms with Gasteiger partial charge in [-0.05, 0) is 18.6 Å². The Morgan fingerprint density at radius 2 is 1.86 bits per heavy atom. The highest BCUT2D eigenvalue weighted by Gasteiger charge is 2.07. The Morgan fingerprint density at radius 1 is 1.14 bits per heavy atom. The van der Waals surface area contributed by atoms with Crippen molar-refractivity contribution in [1.82, 2.24) is 0 Å². The van der Waals surface area contributed by atoms with E-state index in [0.29, 0.717) is 0 Å². The predicted molar refractivity (Wildman–Crippen MR) is 88.8 cm³/mol. The van der Waals surface area contributed by atoms with Crippen molar-refractivity contribution >= 4 is 11.6 Å². The van der Waals surface area contributed by atoms with Gasteiger partial charge in [0.25, 0.3) is 0 Å². The lowest BCUT2D eigenvalue weighted by molar-refractivity contribution is -0.118. The fourth-order valence-corrected chi connectivity index (χ4v) is 2.02. The van der Waals surface area contributed by atoms with Gasteiger partial charge in [-0.15, -0.1) is 0 Å². The van der Waals surface area contributed by atoms with E-state index in [2.05, 4.69) is 12.2 Å². The molecule has 0 aliphatic rings. The van der Waals surface area contributed by atoms with Crippen LogP contribution >= 0.6 is 0 Å². The first-order valence-corrected chi connectivity index (χ1v) is 8.17. The minimum atomic E-state index is -0.0160. The number of anilines is 1. The Labute approximate surface area is 129 Å². The first-order chi connectivity index (χ1) is 10.1. The normalized spacial score (nSPS) is 10.7. The highest BCUT2D eigenvalue weighted by atomic mass is 16.5. The highest BCUT2D eigenvalue weighted by molar-refractivity contribution is 5.92. The second-order valence-corrected chi connectivity index (χ2v) is 5.79. The summed E-state index contributed by atoms with van der Waals surface area (Å²) in [5, 5.41) is 2.89. The van der Waals surface area contributed by atoms with Crippen molar-refractivity contribution in [3.63, 3.8) is 0 Å². The average Bonchev–Trinajstić information content (AvgIpc) is 2.46. The Morgan fingerprint density at radius 3 is 2.57 bits per heavy atom. The highest BCUT2D eigenvalue weighted by Crippen LogP contribution is 2.18. The molecule has 0 radical (unpaired) electrons. The molecule has 0 aliphatic carbocycles. The van der Waals surface area contributed by atoms with E-state index < -0.39 is 0 Å². The molecule has 1 amide bonds. The molecule has 1 aromatic rings. The van der Waals surface area contributed by atoms with E-state index in [4.69, 9.17) is 4.74 Å². The third-order valence-electron chi connectivity index (χ3n) is 3.39. The molecule has 0 unspecified atom stereocenters. The van der Waals surface area contributed by atoms with Gasteiger partial charge in [0.2, 0.25) is 5.91 Å². The minimum Gasteiger partial charge on any atom is -0.494 e. The fourth-order valence-electron chi connectivity index (χ4n) is 2.02. The Kier molecular flexibility index (Phi) is 8.56. The zero-order valence-electron chi connectivity index (χ0n) is 13.7. The van der Waals surface area contributed by atoms with Gasteiger partial charge in [-0.1, -0.05) is 58.9 Å². The molecule has 0 atom stereocenters. The van der Waals surface area contributed by atoms with E-state index in [1.165, 1.54) is 32.1 Å². The summed E-state index contributed by atoms with van der Waals surface area (Å²) in [4.78, 5) is 11.7. The SMILES string of the molecule is CCCCCCCCOc1cccc(NC(=O)C(C)C)c1. The molecule has 3 heteroatoms. The third-order valence-corrected chi connectivity index (χ3v) is 3.39. The second-order valence-electron chi connectivity index (χ2n) is 5.79. The lowest BCUT2D eigenvalue weighted by atomic mass is 10.1. The summed E-state index contributed by atoms with van der Waals surface area (Å²) >= 11 is 0. The number of hydrogen-bond acceptors (Lipinski definition) is 2. The maximum Gasteiger partial charge on any atom is 0.226 e. The van der Waals surface area contributed by atoms with Crippen LogP contribution in [0.25, 0.3) is 0 Å². The number of rotatable bonds is 10. The van der Waals surface area contributed by atoms with Crippen LogP contribution in [-0.4, -0.2) is 12.5 Å². The molecule has 0 saturated carbocycles. The number of unbranched alkanes of at least 4 members (excludes halogenated alkanes) is 5. The third kappa shape index (κ3) is 7.74. The van der Waals surface area contributed by atoms with Crippen molar-refractivity contribution in [2.75, 3.05) is 11.9 Å². The zero-order chi connectivity index (χ0) is 15.5. The van der Waals surface area contributed by atoms with Gasteiger partial charge in [0.15, 0.2) is 0 Å². The van der Waals surface area contributed by atoms with Gasteiger partial charge in [-0.25, -0.2) is 0 Å². The second kappa shape index (κ2) is 10.3. The van der Waals surface area contributed by atoms with Crippen molar-refractivity contribution < 1.29 is 9.53 Å². The van der Waals surface area contributed by atoms with Crippen LogP contribution in [-0.2, 0) is 4.79 Å². The van der Waals surface area contributed by atoms with Gasteiger partial charge < -0.3 is 10.1 Å². The molecular formula is C18H29NO2. The molecule has 0 aliphatic heterocycles. The summed E-state index contributed by atoms with van der Waals surface area (Å²) in [6.07, 6.45) is 7.55. The van der Waals surface area contributed by atoms with E-state index in [1.54, 1.807) is 0 Å². The van der Waals surface area contributed by atoms with E-state index in [0.717, 1.165) is 24.5 Å². The molecule has 3 nitrogen and oxygen atoms in total. The summed E-state index contributed by atoms with van der Waals surface area (Å²) in [5.41, 5.74) is 0.800. The average molecular weight is 291 g/mol. The lowest BCUT2D eigenvalue weighted by Gasteiger charge is -2.10. The molecule has 1 N–H and O–H groups in total. The quantitative estimate of drug-likeness (QED) is 0.615. The molecule has 1 rings (SSSR count). The Hall–Kier alpha value is -1.51. The van der Waals surface area contributed by atoms with Gasteiger partial charge in [0.05, 0.1) is 6.61 Å². The number of carbonyl (C=O) groups is 1. The molecule has 0 aromatic heterocycles. The van der Waals surface area contributed by atoms with Gasteiger partial charge in [0.1, 0.15) is 5.75 Å². The topological polar surface area (TPSA) is 38.3 Å². The molecule has 0 bridgehead atoms. The maximum absolute atomic E-state index is 11.7. The molecule has 0 fully saturated rings. The summed E-state index contributed by atoms with van der Waals surface area (Å²) in [7, 11) is 0. The number of ether oxygens (including phenoxy) is 1. The van der Waals surface area contributed by atoms with Gasteiger partial charge >= 0.3 is 0 Å². The first kappa shape index (κ1) is 17.5. The summed E-state index contributed by atoms with van der Waals surface area (Å²) in [5.74, 6) is 0.839. The van der Waals surface area contributed by atoms with Crippen molar-refractivity contribution in [2.24, 2.45) is 5.92 Å². The van der Waals surface area contributed by atoms with Crippen LogP contribution < -0.4 is 10.1 Å². The van der Waals surface area contributed by atoms with Crippen LogP contribution in [0.2, 0.25) is 0 Å². The van der Waals surface area contributed by atoms with E-state index >= 15 is 0 Å². The van der Waals surface area contributed by atoms with Crippen molar-refractivity contribution in [1.29, 1.82) is 0 Å². The predicted octanol–water partition coefficient (Wildman–Crippen LogP) is 5.02. The molecule has 1 aromatic carbocycles. The smallest absolute Gasteiger partial charge is 0.226 e. The number of hydrogen-bond donors (Lipinski definition) is 1. The first-order valence-electron chi connectivity index (χ1n) is 8.17. The van der Waals surface area contributed by atoms with E-state index in [1.807, 2.05) is 38.1 Å². The van der Waals surface area contributed by atoms with Crippen LogP contribution in [0.5, 0.6) is 5.75 Å². The number of carbonyl (C=O) groups excluding carboxylic acids is 1. The minimum absolute atomic E-state index is 0.0160. The largest absolute Gasteiger partial charge is 0.494 e. The number of benzene rings is 1. The lowest BCUT2D eigenvalue weighted by Crippen LogP contribution is -2.17. The van der Waals surface area contributed by atoms with Crippen LogP contribution in [0.1, 0.15) is 59.3 Å². The molecule has 0 spiro atoms. The summed E-state index contributed by atoms with van der Waals surface area (Å²) in [6.45, 7) is 6.74. The Balaban J connectivity index is 2.28. The molecular weight excluding hydrogens is 262 g/mol. The molecule has 0 saturated heterocycles. The van der Waals surface area contributed by atoms with Crippen molar-refractivity contribution in [3.05, 3.63) is 24.3 Å². The fraction of sp³-hybridized carbons (Fsp3) is 0.611. The van der Waals surface area contributed by atoms with Crippen molar-refractivity contribution in [2.45, 2.75) is 59.3 Å². The summed E-state index contributed by atoms with van der Waals surface area (Å²) < 4.78 is 5.74. The van der Waals surface area contributed by atoms with Crippen LogP contribution in [0.3, 0.4) is 0 Å². The van der Waals surface area contributed by atoms with Gasteiger partial charge in [-0.3, -0.25) is 4.79 Å². The van der Waals surface area contributed by atoms with E-state index in [-0.39, 0.29) is 11.8 Å². The van der Waals surface area contributed by atoms with Crippen LogP contribution in [0.4, 0.5) is 5.69 Å². The molecule has 118 valence electrons. The molecule has 21 heavy (non-hydrogen) atoms. The number of amides is 1. The zero-order valence-corrected chi connectivity index (χ0v) is 13.7. The Bertz CT molecular complexity index is 415.